The van der Waals surface area contributed by atoms with Gasteiger partial charge in [-0.3, -0.25) is 4.90 Å². The van der Waals surface area contributed by atoms with Crippen LogP contribution >= 0.6 is 11.9 Å². The summed E-state index contributed by atoms with van der Waals surface area (Å²) in [6, 6.07) is 14.3. The highest BCUT2D eigenvalue weighted by molar-refractivity contribution is 7.96. The van der Waals surface area contributed by atoms with E-state index >= 15 is 0 Å². The quantitative estimate of drug-likeness (QED) is 0.287. The van der Waals surface area contributed by atoms with E-state index in [0.717, 1.165) is 49.4 Å². The highest BCUT2D eigenvalue weighted by Crippen LogP contribution is 2.68. The maximum atomic E-state index is 12.8. The smallest absolute Gasteiger partial charge is 0.303 e. The number of rotatable bonds is 7. The van der Waals surface area contributed by atoms with Crippen LogP contribution in [0.5, 0.6) is 11.5 Å². The number of aromatic hydroxyl groups is 1. The first-order valence-corrected chi connectivity index (χ1v) is 14.9. The van der Waals surface area contributed by atoms with Gasteiger partial charge in [0.05, 0.1) is 16.9 Å². The van der Waals surface area contributed by atoms with Gasteiger partial charge in [-0.2, -0.15) is 9.78 Å². The Balaban J connectivity index is 1.28. The lowest BCUT2D eigenvalue weighted by Crippen LogP contribution is -2.77. The molecular formula is C29H34N2O5S. The molecule has 8 heteroatoms. The summed E-state index contributed by atoms with van der Waals surface area (Å²) in [5, 5.41) is 23.8. The van der Waals surface area contributed by atoms with E-state index in [1.165, 1.54) is 30.4 Å². The molecule has 3 heterocycles. The molecular weight excluding hydrogens is 488 g/mol. The molecule has 6 aliphatic rings. The summed E-state index contributed by atoms with van der Waals surface area (Å²) in [4.78, 5) is 14.0. The number of piperidine rings is 1. The molecule has 4 fully saturated rings. The zero-order valence-electron chi connectivity index (χ0n) is 21.1. The second kappa shape index (κ2) is 7.87. The first kappa shape index (κ1) is 23.1. The monoisotopic (exact) mass is 522 g/mol. The normalized spacial score (nSPS) is 37.5. The van der Waals surface area contributed by atoms with Gasteiger partial charge < -0.3 is 14.9 Å². The molecule has 3 aliphatic heterocycles. The third-order valence-electron chi connectivity index (χ3n) is 10.3. The second-order valence-corrected chi connectivity index (χ2v) is 12.6. The largest absolute Gasteiger partial charge is 0.504 e. The Labute approximate surface area is 221 Å². The fraction of sp³-hybridized carbons (Fsp3) is 0.586. The van der Waals surface area contributed by atoms with Crippen LogP contribution in [0.25, 0.3) is 0 Å². The van der Waals surface area contributed by atoms with E-state index < -0.39 is 16.9 Å². The van der Waals surface area contributed by atoms with Gasteiger partial charge in [0.15, 0.2) is 11.5 Å². The van der Waals surface area contributed by atoms with E-state index in [1.54, 1.807) is 6.07 Å². The van der Waals surface area contributed by atoms with Crippen molar-refractivity contribution in [3.05, 3.63) is 59.2 Å². The van der Waals surface area contributed by atoms with Crippen molar-refractivity contribution >= 4 is 11.9 Å². The lowest BCUT2D eigenvalue weighted by molar-refractivity contribution is -0.202. The molecule has 7 nitrogen and oxygen atoms in total. The number of nitrogens with one attached hydrogen (secondary N) is 1. The van der Waals surface area contributed by atoms with Gasteiger partial charge in [0.2, 0.25) is 0 Å². The SMILES string of the molecule is CSNC1(C(c2ccccc2)[C@@H]2CC[C@@]3(O)[C@H]4Cc5ccc(O)c6c5[C@@]3(CCN4CC3CC3)[C@H]2O6)OO1. The number of nitrogens with zero attached hydrogens (tertiary/aromatic N) is 1. The van der Waals surface area contributed by atoms with Crippen molar-refractivity contribution < 1.29 is 24.7 Å². The fourth-order valence-corrected chi connectivity index (χ4v) is 9.14. The Kier molecular flexibility index (Phi) is 4.91. The number of hydrogen-bond donors (Lipinski definition) is 3. The molecule has 2 saturated carbocycles. The minimum atomic E-state index is -0.943. The van der Waals surface area contributed by atoms with Crippen LogP contribution in [0.2, 0.25) is 0 Å². The number of phenolic OH excluding ortho intramolecular Hbond substituents is 1. The molecule has 3 N–H and O–H groups in total. The Morgan fingerprint density at radius 2 is 1.92 bits per heavy atom. The van der Waals surface area contributed by atoms with Crippen molar-refractivity contribution in [2.45, 2.75) is 73.5 Å². The summed E-state index contributed by atoms with van der Waals surface area (Å²) in [5.41, 5.74) is 1.93. The topological polar surface area (TPSA) is 90.0 Å². The van der Waals surface area contributed by atoms with E-state index in [9.17, 15) is 10.2 Å². The molecule has 0 aromatic heterocycles. The summed E-state index contributed by atoms with van der Waals surface area (Å²) in [6.07, 6.45) is 7.39. The Morgan fingerprint density at radius 3 is 2.65 bits per heavy atom. The highest BCUT2D eigenvalue weighted by Gasteiger charge is 2.75. The van der Waals surface area contributed by atoms with Gasteiger partial charge in [0.1, 0.15) is 6.10 Å². The molecule has 196 valence electrons. The molecule has 1 unspecified atom stereocenters. The molecule has 1 spiro atoms. The van der Waals surface area contributed by atoms with Gasteiger partial charge in [-0.05, 0) is 74.4 Å². The number of phenols is 1. The van der Waals surface area contributed by atoms with Crippen LogP contribution in [0, 0.1) is 11.8 Å². The second-order valence-electron chi connectivity index (χ2n) is 12.0. The highest BCUT2D eigenvalue weighted by atomic mass is 32.2. The van der Waals surface area contributed by atoms with Crippen LogP contribution in [-0.4, -0.2) is 58.1 Å². The zero-order chi connectivity index (χ0) is 25.0. The van der Waals surface area contributed by atoms with E-state index in [1.807, 2.05) is 12.3 Å². The van der Waals surface area contributed by atoms with Crippen molar-refractivity contribution in [2.24, 2.45) is 11.8 Å². The van der Waals surface area contributed by atoms with Gasteiger partial charge >= 0.3 is 5.91 Å². The van der Waals surface area contributed by atoms with Crippen molar-refractivity contribution in [1.82, 2.24) is 9.62 Å². The van der Waals surface area contributed by atoms with Gasteiger partial charge in [-0.25, -0.2) is 4.72 Å². The lowest BCUT2D eigenvalue weighted by atomic mass is 9.46. The molecule has 2 saturated heterocycles. The van der Waals surface area contributed by atoms with Gasteiger partial charge in [-0.15, -0.1) is 0 Å². The molecule has 3 aliphatic carbocycles. The van der Waals surface area contributed by atoms with Gasteiger partial charge in [0.25, 0.3) is 0 Å². The molecule has 2 bridgehead atoms. The standard InChI is InChI=1S/C29H34N2O5S/c1-37-30-29(35-36-29)23(18-5-3-2-4-6-18)20-11-12-28(33)22-15-19-9-10-21(32)25-24(19)27(28,26(20)34-25)13-14-31(22)16-17-7-8-17/h2-6,9-10,17,20,22-23,26,30,32-33H,7-8,11-16H2,1H3/t20-,22+,23?,26-,27-,28+/m0/s1. The van der Waals surface area contributed by atoms with Gasteiger partial charge in [0, 0.05) is 24.1 Å². The minimum absolute atomic E-state index is 0.0122. The van der Waals surface area contributed by atoms with Crippen molar-refractivity contribution in [2.75, 3.05) is 19.3 Å². The summed E-state index contributed by atoms with van der Waals surface area (Å²) in [7, 11) is 0. The summed E-state index contributed by atoms with van der Waals surface area (Å²) in [6.45, 7) is 2.02. The first-order chi connectivity index (χ1) is 18.0. The average molecular weight is 523 g/mol. The minimum Gasteiger partial charge on any atom is -0.504 e. The van der Waals surface area contributed by atoms with Crippen molar-refractivity contribution in [3.8, 4) is 11.5 Å². The van der Waals surface area contributed by atoms with Crippen LogP contribution < -0.4 is 9.46 Å². The van der Waals surface area contributed by atoms with E-state index in [0.29, 0.717) is 12.2 Å². The van der Waals surface area contributed by atoms with Crippen LogP contribution in [0.4, 0.5) is 0 Å². The first-order valence-electron chi connectivity index (χ1n) is 13.7. The van der Waals surface area contributed by atoms with Crippen molar-refractivity contribution in [1.29, 1.82) is 0 Å². The summed E-state index contributed by atoms with van der Waals surface area (Å²) in [5.74, 6) is 0.452. The number of ether oxygens (including phenoxy) is 1. The maximum Gasteiger partial charge on any atom is 0.303 e. The predicted octanol–water partition coefficient (Wildman–Crippen LogP) is 3.84. The number of benzene rings is 2. The number of aliphatic hydroxyl groups is 1. The van der Waals surface area contributed by atoms with Crippen LogP contribution in [-0.2, 0) is 21.6 Å². The fourth-order valence-electron chi connectivity index (χ4n) is 8.66. The van der Waals surface area contributed by atoms with Gasteiger partial charge in [-0.1, -0.05) is 48.3 Å². The number of hydrogen-bond acceptors (Lipinski definition) is 8. The molecule has 0 radical (unpaired) electrons. The molecule has 2 aromatic carbocycles. The number of likely N-dealkylation sites (tertiary alicyclic amines) is 1. The molecule has 8 rings (SSSR count). The third-order valence-corrected chi connectivity index (χ3v) is 10.8. The Bertz CT molecular complexity index is 1240. The molecule has 6 atom stereocenters. The lowest BCUT2D eigenvalue weighted by Gasteiger charge is -2.64. The van der Waals surface area contributed by atoms with Crippen molar-refractivity contribution in [3.63, 3.8) is 0 Å². The predicted molar refractivity (Wildman–Crippen MR) is 139 cm³/mol. The maximum absolute atomic E-state index is 12.8. The Hall–Kier alpha value is -1.81. The third kappa shape index (κ3) is 3.03. The zero-order valence-corrected chi connectivity index (χ0v) is 21.9. The Morgan fingerprint density at radius 1 is 1.11 bits per heavy atom. The molecule has 37 heavy (non-hydrogen) atoms. The average Bonchev–Trinajstić information content (AvgIpc) is 3.82. The van der Waals surface area contributed by atoms with E-state index in [4.69, 9.17) is 14.5 Å². The van der Waals surface area contributed by atoms with E-state index in [2.05, 4.69) is 40.0 Å². The summed E-state index contributed by atoms with van der Waals surface area (Å²) < 4.78 is 10.2. The van der Waals surface area contributed by atoms with Crippen LogP contribution in [0.15, 0.2) is 42.5 Å². The molecule has 0 amide bonds. The van der Waals surface area contributed by atoms with E-state index in [-0.39, 0.29) is 29.7 Å². The summed E-state index contributed by atoms with van der Waals surface area (Å²) >= 11 is 1.48. The van der Waals surface area contributed by atoms with Crippen LogP contribution in [0.1, 0.15) is 54.7 Å². The molecule has 2 aromatic rings. The van der Waals surface area contributed by atoms with Crippen LogP contribution in [0.3, 0.4) is 0 Å².